The molecule has 17 heavy (non-hydrogen) atoms. The Labute approximate surface area is 102 Å². The predicted molar refractivity (Wildman–Crippen MR) is 68.6 cm³/mol. The quantitative estimate of drug-likeness (QED) is 0.784. The van der Waals surface area contributed by atoms with Crippen LogP contribution in [0.15, 0.2) is 12.4 Å². The van der Waals surface area contributed by atoms with Crippen molar-refractivity contribution < 1.29 is 4.74 Å². The minimum Gasteiger partial charge on any atom is -0.378 e. The molecule has 1 aromatic rings. The lowest BCUT2D eigenvalue weighted by atomic mass is 10.3. The molecule has 1 aromatic heterocycles. The Bertz CT molecular complexity index is 352. The summed E-state index contributed by atoms with van der Waals surface area (Å²) in [6.45, 7) is 6.57. The zero-order chi connectivity index (χ0) is 12.1. The molecule has 5 nitrogen and oxygen atoms in total. The summed E-state index contributed by atoms with van der Waals surface area (Å²) in [7, 11) is 2.06. The highest BCUT2D eigenvalue weighted by Gasteiger charge is 2.13. The van der Waals surface area contributed by atoms with E-state index in [2.05, 4.69) is 39.8 Å². The summed E-state index contributed by atoms with van der Waals surface area (Å²) in [5.41, 5.74) is 0. The number of aromatic nitrogens is 2. The van der Waals surface area contributed by atoms with Gasteiger partial charge in [0, 0.05) is 32.7 Å². The average molecular weight is 236 g/mol. The molecular formula is C12H20N4O. The lowest BCUT2D eigenvalue weighted by Gasteiger charge is -2.28. The molecule has 2 rings (SSSR count). The van der Waals surface area contributed by atoms with Crippen LogP contribution in [0.3, 0.4) is 0 Å². The van der Waals surface area contributed by atoms with Gasteiger partial charge < -0.3 is 14.5 Å². The van der Waals surface area contributed by atoms with Crippen molar-refractivity contribution in [2.45, 2.75) is 13.3 Å². The third-order valence-corrected chi connectivity index (χ3v) is 2.92. The number of anilines is 2. The zero-order valence-electron chi connectivity index (χ0n) is 10.6. The molecule has 0 unspecified atom stereocenters. The van der Waals surface area contributed by atoms with Gasteiger partial charge in [-0.3, -0.25) is 0 Å². The van der Waals surface area contributed by atoms with Crippen molar-refractivity contribution >= 4 is 11.6 Å². The van der Waals surface area contributed by atoms with Crippen LogP contribution in [0.4, 0.5) is 11.6 Å². The van der Waals surface area contributed by atoms with E-state index < -0.39 is 0 Å². The lowest BCUT2D eigenvalue weighted by Crippen LogP contribution is -2.37. The van der Waals surface area contributed by atoms with E-state index >= 15 is 0 Å². The van der Waals surface area contributed by atoms with Gasteiger partial charge in [0.05, 0.1) is 13.2 Å². The molecule has 0 atom stereocenters. The van der Waals surface area contributed by atoms with Gasteiger partial charge in [0.25, 0.3) is 0 Å². The maximum absolute atomic E-state index is 5.34. The maximum atomic E-state index is 5.34. The largest absolute Gasteiger partial charge is 0.378 e. The second kappa shape index (κ2) is 5.82. The highest BCUT2D eigenvalue weighted by molar-refractivity contribution is 5.49. The summed E-state index contributed by atoms with van der Waals surface area (Å²) >= 11 is 0. The molecule has 0 bridgehead atoms. The van der Waals surface area contributed by atoms with Crippen molar-refractivity contribution in [3.63, 3.8) is 0 Å². The van der Waals surface area contributed by atoms with Crippen molar-refractivity contribution in [3.05, 3.63) is 12.4 Å². The monoisotopic (exact) mass is 236 g/mol. The summed E-state index contributed by atoms with van der Waals surface area (Å²) in [6, 6.07) is 2.06. The van der Waals surface area contributed by atoms with Gasteiger partial charge in [-0.2, -0.15) is 0 Å². The summed E-state index contributed by atoms with van der Waals surface area (Å²) in [6.07, 6.45) is 2.76. The molecular weight excluding hydrogens is 216 g/mol. The molecule has 0 aromatic carbocycles. The van der Waals surface area contributed by atoms with Crippen LogP contribution in [-0.4, -0.2) is 49.9 Å². The summed E-state index contributed by atoms with van der Waals surface area (Å²) in [5, 5.41) is 0. The van der Waals surface area contributed by atoms with Gasteiger partial charge in [-0.15, -0.1) is 0 Å². The van der Waals surface area contributed by atoms with Crippen molar-refractivity contribution in [2.75, 3.05) is 49.7 Å². The van der Waals surface area contributed by atoms with Crippen molar-refractivity contribution in [2.24, 2.45) is 0 Å². The third kappa shape index (κ3) is 3.06. The highest BCUT2D eigenvalue weighted by atomic mass is 16.5. The average Bonchev–Trinajstić information content (AvgIpc) is 2.40. The van der Waals surface area contributed by atoms with Crippen LogP contribution in [0.2, 0.25) is 0 Å². The first-order valence-electron chi connectivity index (χ1n) is 6.17. The van der Waals surface area contributed by atoms with E-state index in [0.717, 1.165) is 50.9 Å². The van der Waals surface area contributed by atoms with E-state index in [-0.39, 0.29) is 0 Å². The van der Waals surface area contributed by atoms with E-state index in [9.17, 15) is 0 Å². The molecule has 0 spiro atoms. The van der Waals surface area contributed by atoms with Gasteiger partial charge in [0.2, 0.25) is 0 Å². The van der Waals surface area contributed by atoms with Crippen LogP contribution < -0.4 is 9.80 Å². The second-order valence-corrected chi connectivity index (χ2v) is 4.26. The molecule has 1 saturated heterocycles. The minimum absolute atomic E-state index is 0.782. The Kier molecular flexibility index (Phi) is 4.14. The van der Waals surface area contributed by atoms with E-state index in [1.807, 2.05) is 0 Å². The van der Waals surface area contributed by atoms with Gasteiger partial charge >= 0.3 is 0 Å². The first-order chi connectivity index (χ1) is 8.31. The molecule has 1 aliphatic rings. The first-order valence-corrected chi connectivity index (χ1v) is 6.17. The summed E-state index contributed by atoms with van der Waals surface area (Å²) < 4.78 is 5.34. The standard InChI is InChI=1S/C12H20N4O/c1-3-4-15(2)11-9-12(14-10-13-11)16-5-7-17-8-6-16/h9-10H,3-8H2,1-2H3. The fraction of sp³-hybridized carbons (Fsp3) is 0.667. The number of rotatable bonds is 4. The molecule has 0 radical (unpaired) electrons. The van der Waals surface area contributed by atoms with Crippen LogP contribution in [0.25, 0.3) is 0 Å². The molecule has 0 aliphatic carbocycles. The molecule has 0 amide bonds. The van der Waals surface area contributed by atoms with Crippen LogP contribution in [-0.2, 0) is 4.74 Å². The smallest absolute Gasteiger partial charge is 0.134 e. The predicted octanol–water partition coefficient (Wildman–Crippen LogP) is 1.16. The van der Waals surface area contributed by atoms with Crippen LogP contribution in [0, 0.1) is 0 Å². The number of ether oxygens (including phenoxy) is 1. The molecule has 5 heteroatoms. The van der Waals surface area contributed by atoms with E-state index in [1.54, 1.807) is 6.33 Å². The van der Waals surface area contributed by atoms with E-state index in [1.165, 1.54) is 0 Å². The van der Waals surface area contributed by atoms with Crippen LogP contribution in [0.5, 0.6) is 0 Å². The van der Waals surface area contributed by atoms with Crippen molar-refractivity contribution in [1.29, 1.82) is 0 Å². The molecule has 94 valence electrons. The molecule has 1 fully saturated rings. The highest BCUT2D eigenvalue weighted by Crippen LogP contribution is 2.17. The zero-order valence-corrected chi connectivity index (χ0v) is 10.6. The van der Waals surface area contributed by atoms with Crippen LogP contribution in [0.1, 0.15) is 13.3 Å². The SMILES string of the molecule is CCCN(C)c1cc(N2CCOCC2)ncn1. The Morgan fingerprint density at radius 1 is 1.35 bits per heavy atom. The number of hydrogen-bond acceptors (Lipinski definition) is 5. The normalized spacial score (nSPS) is 16.0. The van der Waals surface area contributed by atoms with Crippen LogP contribution >= 0.6 is 0 Å². The Morgan fingerprint density at radius 2 is 2.12 bits per heavy atom. The van der Waals surface area contributed by atoms with Gasteiger partial charge in [-0.05, 0) is 6.42 Å². The first kappa shape index (κ1) is 12.1. The lowest BCUT2D eigenvalue weighted by molar-refractivity contribution is 0.122. The number of morpholine rings is 1. The van der Waals surface area contributed by atoms with E-state index in [0.29, 0.717) is 0 Å². The maximum Gasteiger partial charge on any atom is 0.134 e. The Hall–Kier alpha value is -1.36. The van der Waals surface area contributed by atoms with Crippen molar-refractivity contribution in [1.82, 2.24) is 9.97 Å². The number of nitrogens with zero attached hydrogens (tertiary/aromatic N) is 4. The molecule has 1 aliphatic heterocycles. The summed E-state index contributed by atoms with van der Waals surface area (Å²) in [4.78, 5) is 13.1. The fourth-order valence-corrected chi connectivity index (χ4v) is 1.96. The summed E-state index contributed by atoms with van der Waals surface area (Å²) in [5.74, 6) is 1.99. The minimum atomic E-state index is 0.782. The van der Waals surface area contributed by atoms with Gasteiger partial charge in [-0.25, -0.2) is 9.97 Å². The van der Waals surface area contributed by atoms with Gasteiger partial charge in [0.15, 0.2) is 0 Å². The third-order valence-electron chi connectivity index (χ3n) is 2.92. The topological polar surface area (TPSA) is 41.5 Å². The van der Waals surface area contributed by atoms with Gasteiger partial charge in [-0.1, -0.05) is 6.92 Å². The van der Waals surface area contributed by atoms with E-state index in [4.69, 9.17) is 4.74 Å². The van der Waals surface area contributed by atoms with Crippen molar-refractivity contribution in [3.8, 4) is 0 Å². The molecule has 0 saturated carbocycles. The van der Waals surface area contributed by atoms with Gasteiger partial charge in [0.1, 0.15) is 18.0 Å². The number of hydrogen-bond donors (Lipinski definition) is 0. The Morgan fingerprint density at radius 3 is 2.82 bits per heavy atom. The Balaban J connectivity index is 2.09. The molecule has 2 heterocycles. The fourth-order valence-electron chi connectivity index (χ4n) is 1.96. The molecule has 0 N–H and O–H groups in total. The second-order valence-electron chi connectivity index (χ2n) is 4.26.